The van der Waals surface area contributed by atoms with Crippen LogP contribution in [-0.2, 0) is 4.79 Å². The first-order chi connectivity index (χ1) is 12.2. The minimum atomic E-state index is -0.617. The van der Waals surface area contributed by atoms with Crippen molar-refractivity contribution in [1.29, 1.82) is 0 Å². The molecular weight excluding hydrogens is 350 g/mol. The van der Waals surface area contributed by atoms with Crippen molar-refractivity contribution in [1.82, 2.24) is 5.32 Å². The molecule has 4 nitrogen and oxygen atoms in total. The van der Waals surface area contributed by atoms with Gasteiger partial charge < -0.3 is 14.8 Å². The number of aryl methyl sites for hydroxylation is 1. The summed E-state index contributed by atoms with van der Waals surface area (Å²) in [6, 6.07) is 13.1. The normalized spacial score (nSPS) is 19.0. The van der Waals surface area contributed by atoms with E-state index in [0.717, 1.165) is 16.9 Å². The van der Waals surface area contributed by atoms with Crippen LogP contribution in [0.5, 0.6) is 11.5 Å². The lowest BCUT2D eigenvalue weighted by Crippen LogP contribution is -2.44. The number of ether oxygens (including phenoxy) is 2. The maximum absolute atomic E-state index is 12.7. The number of hydrogen-bond acceptors (Lipinski definition) is 3. The summed E-state index contributed by atoms with van der Waals surface area (Å²) in [6.07, 6.45) is 0.0800. The summed E-state index contributed by atoms with van der Waals surface area (Å²) in [7, 11) is 0. The number of benzene rings is 2. The summed E-state index contributed by atoms with van der Waals surface area (Å²) in [6.45, 7) is 7.70. The number of carbonyl (C=O) groups excluding carboxylic acids is 1. The van der Waals surface area contributed by atoms with Crippen LogP contribution in [0.4, 0.5) is 0 Å². The van der Waals surface area contributed by atoms with Gasteiger partial charge >= 0.3 is 0 Å². The van der Waals surface area contributed by atoms with Crippen molar-refractivity contribution in [3.8, 4) is 11.5 Å². The average molecular weight is 374 g/mol. The Kier molecular flexibility index (Phi) is 5.15. The highest BCUT2D eigenvalue weighted by Gasteiger charge is 2.35. The van der Waals surface area contributed by atoms with Crippen LogP contribution in [0.15, 0.2) is 42.5 Å². The van der Waals surface area contributed by atoms with Crippen LogP contribution >= 0.6 is 11.6 Å². The molecule has 1 N–H and O–H groups in total. The summed E-state index contributed by atoms with van der Waals surface area (Å²) >= 11 is 6.04. The molecule has 138 valence electrons. The number of para-hydroxylation sites is 1. The predicted octanol–water partition coefficient (Wildman–Crippen LogP) is 4.83. The number of hydrogen-bond donors (Lipinski definition) is 1. The predicted molar refractivity (Wildman–Crippen MR) is 103 cm³/mol. The fraction of sp³-hybridized carbons (Fsp3) is 0.381. The summed E-state index contributed by atoms with van der Waals surface area (Å²) < 4.78 is 11.8. The van der Waals surface area contributed by atoms with Crippen LogP contribution < -0.4 is 14.8 Å². The lowest BCUT2D eigenvalue weighted by atomic mass is 9.89. The second-order valence-electron chi connectivity index (χ2n) is 7.34. The molecule has 1 aliphatic rings. The van der Waals surface area contributed by atoms with Gasteiger partial charge in [0, 0.05) is 17.0 Å². The molecule has 0 saturated carbocycles. The molecule has 2 aromatic carbocycles. The lowest BCUT2D eigenvalue weighted by molar-refractivity contribution is -0.128. The molecule has 0 spiro atoms. The highest BCUT2D eigenvalue weighted by Crippen LogP contribution is 2.39. The molecule has 3 rings (SSSR count). The van der Waals surface area contributed by atoms with Crippen molar-refractivity contribution >= 4 is 17.5 Å². The van der Waals surface area contributed by atoms with Crippen LogP contribution in [0.3, 0.4) is 0 Å². The molecule has 1 amide bonds. The third-order valence-electron chi connectivity index (χ3n) is 4.50. The minimum absolute atomic E-state index is 0.111. The molecule has 1 heterocycles. The van der Waals surface area contributed by atoms with E-state index in [-0.39, 0.29) is 17.6 Å². The molecule has 1 aliphatic heterocycles. The SMILES string of the molecule is Cc1cc(O[C@H](C)C(=O)N[C@@H]2CC(C)(C)Oc3ccccc32)ccc1Cl. The topological polar surface area (TPSA) is 47.6 Å². The van der Waals surface area contributed by atoms with E-state index < -0.39 is 6.10 Å². The highest BCUT2D eigenvalue weighted by atomic mass is 35.5. The Labute approximate surface area is 159 Å². The van der Waals surface area contributed by atoms with Crippen LogP contribution in [0.1, 0.15) is 44.4 Å². The van der Waals surface area contributed by atoms with Crippen molar-refractivity contribution in [2.75, 3.05) is 0 Å². The molecule has 26 heavy (non-hydrogen) atoms. The van der Waals surface area contributed by atoms with Crippen molar-refractivity contribution in [3.05, 3.63) is 58.6 Å². The van der Waals surface area contributed by atoms with Crippen LogP contribution in [0.2, 0.25) is 5.02 Å². The first kappa shape index (κ1) is 18.6. The molecule has 2 atom stereocenters. The van der Waals surface area contributed by atoms with Crippen molar-refractivity contribution in [2.24, 2.45) is 0 Å². The van der Waals surface area contributed by atoms with Crippen LogP contribution in [-0.4, -0.2) is 17.6 Å². The van der Waals surface area contributed by atoms with Gasteiger partial charge in [0.15, 0.2) is 6.10 Å². The van der Waals surface area contributed by atoms with E-state index in [0.29, 0.717) is 17.2 Å². The Bertz CT molecular complexity index is 819. The molecule has 0 aliphatic carbocycles. The van der Waals surface area contributed by atoms with Crippen LogP contribution in [0.25, 0.3) is 0 Å². The molecular formula is C21H24ClNO3. The summed E-state index contributed by atoms with van der Waals surface area (Å²) in [5.41, 5.74) is 1.57. The highest BCUT2D eigenvalue weighted by molar-refractivity contribution is 6.31. The van der Waals surface area contributed by atoms with Gasteiger partial charge in [-0.3, -0.25) is 4.79 Å². The molecule has 0 bridgehead atoms. The Hall–Kier alpha value is -2.20. The summed E-state index contributed by atoms with van der Waals surface area (Å²) in [5.74, 6) is 1.29. The van der Waals surface area contributed by atoms with Gasteiger partial charge in [-0.1, -0.05) is 29.8 Å². The fourth-order valence-electron chi connectivity index (χ4n) is 3.17. The van der Waals surface area contributed by atoms with Crippen LogP contribution in [0, 0.1) is 6.92 Å². The number of carbonyl (C=O) groups is 1. The van der Waals surface area contributed by atoms with Crippen molar-refractivity contribution < 1.29 is 14.3 Å². The number of fused-ring (bicyclic) bond motifs is 1. The second-order valence-corrected chi connectivity index (χ2v) is 7.74. The fourth-order valence-corrected chi connectivity index (χ4v) is 3.29. The van der Waals surface area contributed by atoms with E-state index in [9.17, 15) is 4.79 Å². The quantitative estimate of drug-likeness (QED) is 0.834. The van der Waals surface area contributed by atoms with Gasteiger partial charge in [0.1, 0.15) is 17.1 Å². The molecule has 0 radical (unpaired) electrons. The van der Waals surface area contributed by atoms with E-state index >= 15 is 0 Å². The van der Waals surface area contributed by atoms with Crippen molar-refractivity contribution in [2.45, 2.75) is 51.9 Å². The smallest absolute Gasteiger partial charge is 0.261 e. The Morgan fingerprint density at radius 1 is 1.31 bits per heavy atom. The Balaban J connectivity index is 1.71. The Morgan fingerprint density at radius 3 is 2.77 bits per heavy atom. The molecule has 0 saturated heterocycles. The molecule has 0 unspecified atom stereocenters. The van der Waals surface area contributed by atoms with E-state index in [1.165, 1.54) is 0 Å². The van der Waals surface area contributed by atoms with Gasteiger partial charge in [-0.25, -0.2) is 0 Å². The van der Waals surface area contributed by atoms with E-state index in [4.69, 9.17) is 21.1 Å². The molecule has 0 aromatic heterocycles. The number of amides is 1. The largest absolute Gasteiger partial charge is 0.487 e. The molecule has 0 fully saturated rings. The maximum Gasteiger partial charge on any atom is 0.261 e. The summed E-state index contributed by atoms with van der Waals surface area (Å²) in [4.78, 5) is 12.7. The first-order valence-corrected chi connectivity index (χ1v) is 9.14. The van der Waals surface area contributed by atoms with E-state index in [1.54, 1.807) is 19.1 Å². The van der Waals surface area contributed by atoms with E-state index in [1.807, 2.05) is 51.1 Å². The average Bonchev–Trinajstić information content (AvgIpc) is 2.57. The lowest BCUT2D eigenvalue weighted by Gasteiger charge is -2.38. The second kappa shape index (κ2) is 7.20. The number of halogens is 1. The minimum Gasteiger partial charge on any atom is -0.487 e. The number of rotatable bonds is 4. The van der Waals surface area contributed by atoms with Gasteiger partial charge in [0.05, 0.1) is 6.04 Å². The summed E-state index contributed by atoms with van der Waals surface area (Å²) in [5, 5.41) is 3.78. The zero-order valence-electron chi connectivity index (χ0n) is 15.5. The third-order valence-corrected chi connectivity index (χ3v) is 4.93. The molecule has 5 heteroatoms. The molecule has 2 aromatic rings. The third kappa shape index (κ3) is 4.13. The standard InChI is InChI=1S/C21H24ClNO3/c1-13-11-15(9-10-17(13)22)25-14(2)20(24)23-18-12-21(3,4)26-19-8-6-5-7-16(18)19/h5-11,14,18H,12H2,1-4H3,(H,23,24)/t14-,18-/m1/s1. The van der Waals surface area contributed by atoms with Crippen molar-refractivity contribution in [3.63, 3.8) is 0 Å². The Morgan fingerprint density at radius 2 is 2.04 bits per heavy atom. The van der Waals surface area contributed by atoms with Gasteiger partial charge in [-0.05, 0) is 57.5 Å². The zero-order valence-corrected chi connectivity index (χ0v) is 16.3. The van der Waals surface area contributed by atoms with E-state index in [2.05, 4.69) is 5.32 Å². The van der Waals surface area contributed by atoms with Gasteiger partial charge in [-0.2, -0.15) is 0 Å². The van der Waals surface area contributed by atoms with Gasteiger partial charge in [0.2, 0.25) is 0 Å². The monoisotopic (exact) mass is 373 g/mol. The van der Waals surface area contributed by atoms with Gasteiger partial charge in [0.25, 0.3) is 5.91 Å². The number of nitrogens with one attached hydrogen (secondary N) is 1. The maximum atomic E-state index is 12.7. The zero-order chi connectivity index (χ0) is 18.9. The van der Waals surface area contributed by atoms with Gasteiger partial charge in [-0.15, -0.1) is 0 Å². The first-order valence-electron chi connectivity index (χ1n) is 8.76.